The Balaban J connectivity index is 2.24. The van der Waals surface area contributed by atoms with Crippen LogP contribution in [0.15, 0.2) is 24.3 Å². The number of nitrogens with one attached hydrogen (secondary N) is 1. The van der Waals surface area contributed by atoms with Gasteiger partial charge in [-0.15, -0.1) is 0 Å². The Labute approximate surface area is 91.2 Å². The predicted octanol–water partition coefficient (Wildman–Crippen LogP) is 2.27. The standard InChI is InChI=1S/C12H9NO3/c14-12(15)10-5-8-4-7-2-1-3-16-11(7)6-9(8)13-10/h1-2,4-6,13H,3H2,(H,14,15). The number of aromatic amines is 1. The lowest BCUT2D eigenvalue weighted by Crippen LogP contribution is -1.99. The maximum Gasteiger partial charge on any atom is 0.352 e. The van der Waals surface area contributed by atoms with E-state index < -0.39 is 5.97 Å². The first-order valence-corrected chi connectivity index (χ1v) is 4.93. The summed E-state index contributed by atoms with van der Waals surface area (Å²) in [4.78, 5) is 13.7. The van der Waals surface area contributed by atoms with Crippen LogP contribution >= 0.6 is 0 Å². The van der Waals surface area contributed by atoms with Crippen LogP contribution in [-0.2, 0) is 0 Å². The first-order valence-electron chi connectivity index (χ1n) is 4.93. The lowest BCUT2D eigenvalue weighted by Gasteiger charge is -2.11. The highest BCUT2D eigenvalue weighted by molar-refractivity contribution is 5.95. The van der Waals surface area contributed by atoms with Crippen molar-refractivity contribution in [3.05, 3.63) is 35.5 Å². The molecule has 1 aliphatic rings. The molecule has 0 atom stereocenters. The van der Waals surface area contributed by atoms with E-state index in [1.807, 2.05) is 24.3 Å². The van der Waals surface area contributed by atoms with E-state index in [4.69, 9.17) is 9.84 Å². The Hall–Kier alpha value is -2.23. The highest BCUT2D eigenvalue weighted by Crippen LogP contribution is 2.29. The largest absolute Gasteiger partial charge is 0.489 e. The van der Waals surface area contributed by atoms with E-state index in [1.54, 1.807) is 6.07 Å². The van der Waals surface area contributed by atoms with Crippen LogP contribution in [0.4, 0.5) is 0 Å². The molecule has 80 valence electrons. The van der Waals surface area contributed by atoms with Gasteiger partial charge in [0, 0.05) is 22.5 Å². The number of fused-ring (bicyclic) bond motifs is 2. The van der Waals surface area contributed by atoms with E-state index in [0.717, 1.165) is 22.2 Å². The number of aromatic carboxylic acids is 1. The molecule has 0 amide bonds. The summed E-state index contributed by atoms with van der Waals surface area (Å²) in [6.45, 7) is 0.561. The van der Waals surface area contributed by atoms with E-state index in [0.29, 0.717) is 6.61 Å². The molecule has 0 unspecified atom stereocenters. The van der Waals surface area contributed by atoms with Crippen LogP contribution in [0.25, 0.3) is 17.0 Å². The molecule has 0 saturated heterocycles. The lowest BCUT2D eigenvalue weighted by molar-refractivity contribution is 0.0691. The number of hydrogen-bond donors (Lipinski definition) is 2. The molecule has 16 heavy (non-hydrogen) atoms. The molecule has 0 bridgehead atoms. The van der Waals surface area contributed by atoms with Crippen molar-refractivity contribution in [2.75, 3.05) is 6.61 Å². The minimum Gasteiger partial charge on any atom is -0.489 e. The Morgan fingerprint density at radius 1 is 1.38 bits per heavy atom. The van der Waals surface area contributed by atoms with Crippen LogP contribution < -0.4 is 4.74 Å². The van der Waals surface area contributed by atoms with Crippen LogP contribution in [0.2, 0.25) is 0 Å². The quantitative estimate of drug-likeness (QED) is 0.767. The highest BCUT2D eigenvalue weighted by Gasteiger charge is 2.11. The first-order chi connectivity index (χ1) is 7.74. The number of ether oxygens (including phenoxy) is 1. The third-order valence-electron chi connectivity index (χ3n) is 2.61. The summed E-state index contributed by atoms with van der Waals surface area (Å²) in [6, 6.07) is 5.38. The number of benzene rings is 1. The SMILES string of the molecule is O=C(O)c1cc2cc3c(cc2[nH]1)OCC=C3. The topological polar surface area (TPSA) is 62.3 Å². The molecule has 1 aromatic carbocycles. The second-order valence-corrected chi connectivity index (χ2v) is 3.68. The fourth-order valence-corrected chi connectivity index (χ4v) is 1.86. The van der Waals surface area contributed by atoms with Gasteiger partial charge in [0.2, 0.25) is 0 Å². The van der Waals surface area contributed by atoms with Crippen LogP contribution in [0.1, 0.15) is 16.1 Å². The molecular formula is C12H9NO3. The number of aromatic nitrogens is 1. The second kappa shape index (κ2) is 3.13. The molecule has 1 aliphatic heterocycles. The van der Waals surface area contributed by atoms with Gasteiger partial charge >= 0.3 is 5.97 Å². The maximum atomic E-state index is 10.8. The van der Waals surface area contributed by atoms with Crippen molar-refractivity contribution in [1.82, 2.24) is 4.98 Å². The van der Waals surface area contributed by atoms with Gasteiger partial charge in [-0.2, -0.15) is 0 Å². The summed E-state index contributed by atoms with van der Waals surface area (Å²) in [7, 11) is 0. The summed E-state index contributed by atoms with van der Waals surface area (Å²) < 4.78 is 5.45. The van der Waals surface area contributed by atoms with Gasteiger partial charge in [0.05, 0.1) is 0 Å². The molecule has 0 fully saturated rings. The van der Waals surface area contributed by atoms with Crippen molar-refractivity contribution in [1.29, 1.82) is 0 Å². The highest BCUT2D eigenvalue weighted by atomic mass is 16.5. The zero-order chi connectivity index (χ0) is 11.1. The van der Waals surface area contributed by atoms with Gasteiger partial charge in [0.25, 0.3) is 0 Å². The zero-order valence-electron chi connectivity index (χ0n) is 8.36. The molecule has 0 aliphatic carbocycles. The van der Waals surface area contributed by atoms with E-state index >= 15 is 0 Å². The van der Waals surface area contributed by atoms with Gasteiger partial charge in [-0.3, -0.25) is 0 Å². The number of hydrogen-bond acceptors (Lipinski definition) is 2. The number of rotatable bonds is 1. The minimum atomic E-state index is -0.953. The molecule has 1 aromatic heterocycles. The van der Waals surface area contributed by atoms with Crippen LogP contribution in [0.3, 0.4) is 0 Å². The zero-order valence-corrected chi connectivity index (χ0v) is 8.36. The van der Waals surface area contributed by atoms with Gasteiger partial charge in [0.15, 0.2) is 0 Å². The Bertz CT molecular complexity index is 610. The van der Waals surface area contributed by atoms with Crippen molar-refractivity contribution in [2.45, 2.75) is 0 Å². The molecule has 4 heteroatoms. The van der Waals surface area contributed by atoms with Crippen molar-refractivity contribution in [3.8, 4) is 5.75 Å². The maximum absolute atomic E-state index is 10.8. The number of carboxylic acid groups (broad SMARTS) is 1. The van der Waals surface area contributed by atoms with E-state index in [9.17, 15) is 4.79 Å². The smallest absolute Gasteiger partial charge is 0.352 e. The summed E-state index contributed by atoms with van der Waals surface area (Å²) in [6.07, 6.45) is 3.91. The Morgan fingerprint density at radius 3 is 3.06 bits per heavy atom. The molecule has 0 saturated carbocycles. The van der Waals surface area contributed by atoms with Gasteiger partial charge in [-0.25, -0.2) is 4.79 Å². The van der Waals surface area contributed by atoms with Crippen molar-refractivity contribution in [3.63, 3.8) is 0 Å². The lowest BCUT2D eigenvalue weighted by atomic mass is 10.1. The van der Waals surface area contributed by atoms with E-state index in [-0.39, 0.29) is 5.69 Å². The van der Waals surface area contributed by atoms with Gasteiger partial charge < -0.3 is 14.8 Å². The molecule has 3 rings (SSSR count). The number of H-pyrrole nitrogens is 1. The minimum absolute atomic E-state index is 0.196. The fraction of sp³-hybridized carbons (Fsp3) is 0.0833. The van der Waals surface area contributed by atoms with Gasteiger partial charge in [0.1, 0.15) is 18.1 Å². The predicted molar refractivity (Wildman–Crippen MR) is 59.8 cm³/mol. The summed E-state index contributed by atoms with van der Waals surface area (Å²) >= 11 is 0. The third kappa shape index (κ3) is 1.27. The average molecular weight is 215 g/mol. The van der Waals surface area contributed by atoms with E-state index in [1.165, 1.54) is 0 Å². The second-order valence-electron chi connectivity index (χ2n) is 3.68. The van der Waals surface area contributed by atoms with Crippen molar-refractivity contribution >= 4 is 22.9 Å². The van der Waals surface area contributed by atoms with Crippen LogP contribution in [0, 0.1) is 0 Å². The van der Waals surface area contributed by atoms with Crippen LogP contribution in [0.5, 0.6) is 5.75 Å². The summed E-state index contributed by atoms with van der Waals surface area (Å²) in [5.41, 5.74) is 1.96. The summed E-state index contributed by atoms with van der Waals surface area (Å²) in [5, 5.41) is 9.76. The Kier molecular flexibility index (Phi) is 1.77. The fourth-order valence-electron chi connectivity index (χ4n) is 1.86. The molecule has 2 heterocycles. The molecule has 0 radical (unpaired) electrons. The number of carbonyl (C=O) groups is 1. The Morgan fingerprint density at radius 2 is 2.25 bits per heavy atom. The molecule has 0 spiro atoms. The molecular weight excluding hydrogens is 206 g/mol. The van der Waals surface area contributed by atoms with Crippen molar-refractivity contribution in [2.24, 2.45) is 0 Å². The van der Waals surface area contributed by atoms with E-state index in [2.05, 4.69) is 4.98 Å². The number of carboxylic acids is 1. The van der Waals surface area contributed by atoms with Gasteiger partial charge in [-0.1, -0.05) is 6.08 Å². The molecule has 2 N–H and O–H groups in total. The van der Waals surface area contributed by atoms with Crippen molar-refractivity contribution < 1.29 is 14.6 Å². The van der Waals surface area contributed by atoms with Gasteiger partial charge in [-0.05, 0) is 18.2 Å². The normalized spacial score (nSPS) is 13.5. The first kappa shape index (κ1) is 9.03. The average Bonchev–Trinajstić information content (AvgIpc) is 2.68. The third-order valence-corrected chi connectivity index (χ3v) is 2.61. The summed E-state index contributed by atoms with van der Waals surface area (Å²) in [5.74, 6) is -0.167. The monoisotopic (exact) mass is 215 g/mol. The van der Waals surface area contributed by atoms with Crippen LogP contribution in [-0.4, -0.2) is 22.7 Å². The molecule has 4 nitrogen and oxygen atoms in total. The molecule has 2 aromatic rings.